The normalized spacial score (nSPS) is 10.1. The Hall–Kier alpha value is -3.22. The van der Waals surface area contributed by atoms with Crippen LogP contribution in [-0.2, 0) is 4.79 Å². The van der Waals surface area contributed by atoms with E-state index >= 15 is 0 Å². The summed E-state index contributed by atoms with van der Waals surface area (Å²) in [5, 5.41) is 2.82. The van der Waals surface area contributed by atoms with Crippen molar-refractivity contribution in [1.29, 1.82) is 0 Å². The van der Waals surface area contributed by atoms with Crippen molar-refractivity contribution in [2.75, 3.05) is 38.8 Å². The molecule has 0 spiro atoms. The van der Waals surface area contributed by atoms with Gasteiger partial charge < -0.3 is 24.4 Å². The van der Waals surface area contributed by atoms with Gasteiger partial charge >= 0.3 is 0 Å². The standard InChI is InChI=1S/C21H26N2O5/c1-5-28-18-9-7-17(8-10-18)23(15(2)24)13-12-22-21(25)16-6-11-19(26-3)20(14-16)27-4/h6-11,14H,5,12-13H2,1-4H3,(H,22,25). The van der Waals surface area contributed by atoms with Crippen molar-refractivity contribution in [3.8, 4) is 17.2 Å². The summed E-state index contributed by atoms with van der Waals surface area (Å²) >= 11 is 0. The number of hydrogen-bond donors (Lipinski definition) is 1. The maximum absolute atomic E-state index is 12.4. The van der Waals surface area contributed by atoms with Crippen LogP contribution in [0, 0.1) is 0 Å². The van der Waals surface area contributed by atoms with E-state index in [1.54, 1.807) is 23.1 Å². The lowest BCUT2D eigenvalue weighted by Crippen LogP contribution is -2.37. The number of hydrogen-bond acceptors (Lipinski definition) is 5. The average Bonchev–Trinajstić information content (AvgIpc) is 2.71. The minimum Gasteiger partial charge on any atom is -0.494 e. The first-order valence-corrected chi connectivity index (χ1v) is 9.01. The van der Waals surface area contributed by atoms with Gasteiger partial charge in [-0.25, -0.2) is 0 Å². The van der Waals surface area contributed by atoms with Crippen molar-refractivity contribution >= 4 is 17.5 Å². The molecule has 0 aliphatic heterocycles. The fourth-order valence-corrected chi connectivity index (χ4v) is 2.72. The molecule has 0 saturated carbocycles. The summed E-state index contributed by atoms with van der Waals surface area (Å²) in [6, 6.07) is 12.2. The van der Waals surface area contributed by atoms with Gasteiger partial charge in [-0.15, -0.1) is 0 Å². The van der Waals surface area contributed by atoms with Crippen molar-refractivity contribution in [3.63, 3.8) is 0 Å². The topological polar surface area (TPSA) is 77.1 Å². The number of carbonyl (C=O) groups excluding carboxylic acids is 2. The molecule has 2 rings (SSSR count). The number of rotatable bonds is 9. The third-order valence-electron chi connectivity index (χ3n) is 4.11. The lowest BCUT2D eigenvalue weighted by atomic mass is 10.2. The molecular weight excluding hydrogens is 360 g/mol. The number of nitrogens with zero attached hydrogens (tertiary/aromatic N) is 1. The van der Waals surface area contributed by atoms with Crippen LogP contribution in [0.25, 0.3) is 0 Å². The van der Waals surface area contributed by atoms with E-state index in [9.17, 15) is 9.59 Å². The van der Waals surface area contributed by atoms with Crippen LogP contribution in [0.2, 0.25) is 0 Å². The molecule has 150 valence electrons. The van der Waals surface area contributed by atoms with Gasteiger partial charge in [0.25, 0.3) is 5.91 Å². The van der Waals surface area contributed by atoms with Gasteiger partial charge in [0.15, 0.2) is 11.5 Å². The monoisotopic (exact) mass is 386 g/mol. The van der Waals surface area contributed by atoms with Gasteiger partial charge in [0.2, 0.25) is 5.91 Å². The molecule has 7 nitrogen and oxygen atoms in total. The molecule has 0 aromatic heterocycles. The van der Waals surface area contributed by atoms with Crippen LogP contribution in [0.15, 0.2) is 42.5 Å². The zero-order chi connectivity index (χ0) is 20.5. The Morgan fingerprint density at radius 1 is 1.00 bits per heavy atom. The van der Waals surface area contributed by atoms with Gasteiger partial charge in [-0.3, -0.25) is 9.59 Å². The molecule has 0 heterocycles. The number of nitrogens with one attached hydrogen (secondary N) is 1. The van der Waals surface area contributed by atoms with E-state index in [2.05, 4.69) is 5.32 Å². The molecular formula is C21H26N2O5. The Morgan fingerprint density at radius 2 is 1.68 bits per heavy atom. The molecule has 0 radical (unpaired) electrons. The van der Waals surface area contributed by atoms with Gasteiger partial charge in [0, 0.05) is 31.3 Å². The minimum atomic E-state index is -0.254. The Labute approximate surface area is 165 Å². The number of ether oxygens (including phenoxy) is 3. The third kappa shape index (κ3) is 5.39. The summed E-state index contributed by atoms with van der Waals surface area (Å²) in [5.41, 5.74) is 1.20. The Bertz CT molecular complexity index is 805. The molecule has 0 aliphatic rings. The fourth-order valence-electron chi connectivity index (χ4n) is 2.72. The van der Waals surface area contributed by atoms with Crippen molar-refractivity contribution in [3.05, 3.63) is 48.0 Å². The first kappa shape index (κ1) is 21.1. The van der Waals surface area contributed by atoms with Crippen molar-refractivity contribution in [2.45, 2.75) is 13.8 Å². The Balaban J connectivity index is 1.99. The van der Waals surface area contributed by atoms with Crippen molar-refractivity contribution in [2.24, 2.45) is 0 Å². The SMILES string of the molecule is CCOc1ccc(N(CCNC(=O)c2ccc(OC)c(OC)c2)C(C)=O)cc1. The second-order valence-electron chi connectivity index (χ2n) is 5.92. The summed E-state index contributed by atoms with van der Waals surface area (Å²) in [6.07, 6.45) is 0. The molecule has 0 saturated heterocycles. The van der Waals surface area contributed by atoms with Crippen LogP contribution in [-0.4, -0.2) is 45.7 Å². The third-order valence-corrected chi connectivity index (χ3v) is 4.11. The van der Waals surface area contributed by atoms with Crippen LogP contribution >= 0.6 is 0 Å². The summed E-state index contributed by atoms with van der Waals surface area (Å²) in [4.78, 5) is 26.0. The van der Waals surface area contributed by atoms with E-state index in [0.717, 1.165) is 11.4 Å². The summed E-state index contributed by atoms with van der Waals surface area (Å²) in [5.74, 6) is 1.42. The van der Waals surface area contributed by atoms with E-state index in [1.807, 2.05) is 31.2 Å². The fraction of sp³-hybridized carbons (Fsp3) is 0.333. The molecule has 0 fully saturated rings. The van der Waals surface area contributed by atoms with Gasteiger partial charge in [0.1, 0.15) is 5.75 Å². The number of anilines is 1. The average molecular weight is 386 g/mol. The smallest absolute Gasteiger partial charge is 0.251 e. The molecule has 0 unspecified atom stereocenters. The predicted molar refractivity (Wildman–Crippen MR) is 108 cm³/mol. The van der Waals surface area contributed by atoms with Crippen LogP contribution in [0.5, 0.6) is 17.2 Å². The highest BCUT2D eigenvalue weighted by Gasteiger charge is 2.14. The molecule has 0 atom stereocenters. The maximum Gasteiger partial charge on any atom is 0.251 e. The maximum atomic E-state index is 12.4. The minimum absolute atomic E-state index is 0.107. The lowest BCUT2D eigenvalue weighted by molar-refractivity contribution is -0.116. The Morgan fingerprint density at radius 3 is 2.25 bits per heavy atom. The van der Waals surface area contributed by atoms with Crippen LogP contribution < -0.4 is 24.4 Å². The zero-order valence-corrected chi connectivity index (χ0v) is 16.7. The molecule has 2 aromatic rings. The zero-order valence-electron chi connectivity index (χ0n) is 16.7. The van der Waals surface area contributed by atoms with E-state index in [0.29, 0.717) is 36.8 Å². The lowest BCUT2D eigenvalue weighted by Gasteiger charge is -2.21. The summed E-state index contributed by atoms with van der Waals surface area (Å²) in [6.45, 7) is 4.64. The van der Waals surface area contributed by atoms with Gasteiger partial charge in [0.05, 0.1) is 20.8 Å². The molecule has 28 heavy (non-hydrogen) atoms. The predicted octanol–water partition coefficient (Wildman–Crippen LogP) is 2.89. The molecule has 2 amide bonds. The van der Waals surface area contributed by atoms with Gasteiger partial charge in [-0.1, -0.05) is 0 Å². The molecule has 1 N–H and O–H groups in total. The van der Waals surface area contributed by atoms with Gasteiger partial charge in [-0.05, 0) is 49.4 Å². The second-order valence-corrected chi connectivity index (χ2v) is 5.92. The van der Waals surface area contributed by atoms with Crippen LogP contribution in [0.4, 0.5) is 5.69 Å². The number of methoxy groups -OCH3 is 2. The van der Waals surface area contributed by atoms with Gasteiger partial charge in [-0.2, -0.15) is 0 Å². The summed E-state index contributed by atoms with van der Waals surface area (Å²) < 4.78 is 15.8. The first-order chi connectivity index (χ1) is 13.5. The number of benzene rings is 2. The van der Waals surface area contributed by atoms with Crippen molar-refractivity contribution < 1.29 is 23.8 Å². The quantitative estimate of drug-likeness (QED) is 0.717. The van der Waals surface area contributed by atoms with Crippen LogP contribution in [0.1, 0.15) is 24.2 Å². The first-order valence-electron chi connectivity index (χ1n) is 9.01. The summed E-state index contributed by atoms with van der Waals surface area (Å²) in [7, 11) is 3.05. The highest BCUT2D eigenvalue weighted by Crippen LogP contribution is 2.27. The van der Waals surface area contributed by atoms with E-state index in [-0.39, 0.29) is 11.8 Å². The van der Waals surface area contributed by atoms with Crippen LogP contribution in [0.3, 0.4) is 0 Å². The molecule has 0 bridgehead atoms. The largest absolute Gasteiger partial charge is 0.494 e. The second kappa shape index (κ2) is 10.2. The number of carbonyl (C=O) groups is 2. The highest BCUT2D eigenvalue weighted by atomic mass is 16.5. The highest BCUT2D eigenvalue weighted by molar-refractivity contribution is 5.95. The van der Waals surface area contributed by atoms with Crippen molar-refractivity contribution in [1.82, 2.24) is 5.32 Å². The Kier molecular flexibility index (Phi) is 7.68. The molecule has 0 aliphatic carbocycles. The van der Waals surface area contributed by atoms with E-state index in [1.165, 1.54) is 21.1 Å². The van der Waals surface area contributed by atoms with E-state index < -0.39 is 0 Å². The number of amides is 2. The van der Waals surface area contributed by atoms with E-state index in [4.69, 9.17) is 14.2 Å². The molecule has 2 aromatic carbocycles. The molecule has 7 heteroatoms.